The molecule has 0 aromatic heterocycles. The Balaban J connectivity index is 1.96. The number of nitrogens with zero attached hydrogens (tertiary/aromatic N) is 1. The average molecular weight is 319 g/mol. The van der Waals surface area contributed by atoms with Gasteiger partial charge in [-0.05, 0) is 46.1 Å². The van der Waals surface area contributed by atoms with Crippen LogP contribution in [0.4, 0.5) is 4.79 Å². The van der Waals surface area contributed by atoms with Crippen molar-refractivity contribution < 1.29 is 19.1 Å². The van der Waals surface area contributed by atoms with Gasteiger partial charge < -0.3 is 9.47 Å². The first kappa shape index (κ1) is 17.3. The molecule has 0 bridgehead atoms. The van der Waals surface area contributed by atoms with Crippen molar-refractivity contribution in [2.45, 2.75) is 64.8 Å². The summed E-state index contributed by atoms with van der Waals surface area (Å²) in [5, 5.41) is 0. The van der Waals surface area contributed by atoms with E-state index in [-0.39, 0.29) is 12.6 Å². The van der Waals surface area contributed by atoms with Gasteiger partial charge in [0.15, 0.2) is 0 Å². The van der Waals surface area contributed by atoms with E-state index < -0.39 is 23.7 Å². The average Bonchev–Trinajstić information content (AvgIpc) is 3.28. The van der Waals surface area contributed by atoms with Crippen molar-refractivity contribution >= 4 is 12.1 Å². The molecule has 1 amide bonds. The fourth-order valence-electron chi connectivity index (χ4n) is 2.25. The number of ether oxygens (including phenoxy) is 2. The fourth-order valence-corrected chi connectivity index (χ4v) is 2.25. The monoisotopic (exact) mass is 319 g/mol. The van der Waals surface area contributed by atoms with Crippen LogP contribution in [0.2, 0.25) is 0 Å². The normalized spacial score (nSPS) is 15.7. The van der Waals surface area contributed by atoms with Crippen LogP contribution in [0.3, 0.4) is 0 Å². The van der Waals surface area contributed by atoms with Crippen LogP contribution in [-0.2, 0) is 20.9 Å². The number of benzene rings is 1. The summed E-state index contributed by atoms with van der Waals surface area (Å²) in [7, 11) is 0. The molecule has 0 spiro atoms. The first-order chi connectivity index (χ1) is 10.8. The molecule has 0 heterocycles. The molecule has 1 aliphatic carbocycles. The zero-order valence-electron chi connectivity index (χ0n) is 14.2. The van der Waals surface area contributed by atoms with E-state index in [0.29, 0.717) is 0 Å². The number of amides is 1. The molecule has 0 N–H and O–H groups in total. The Kier molecular flexibility index (Phi) is 5.29. The molecule has 126 valence electrons. The first-order valence-electron chi connectivity index (χ1n) is 8.00. The molecule has 0 saturated heterocycles. The molecule has 0 radical (unpaired) electrons. The van der Waals surface area contributed by atoms with Gasteiger partial charge in [-0.15, -0.1) is 0 Å². The fraction of sp³-hybridized carbons (Fsp3) is 0.556. The summed E-state index contributed by atoms with van der Waals surface area (Å²) in [4.78, 5) is 26.2. The maximum absolute atomic E-state index is 12.4. The van der Waals surface area contributed by atoms with Gasteiger partial charge in [0, 0.05) is 6.04 Å². The smallest absolute Gasteiger partial charge is 0.411 e. The van der Waals surface area contributed by atoms with Gasteiger partial charge in [-0.2, -0.15) is 0 Å². The minimum atomic E-state index is -0.652. The highest BCUT2D eigenvalue weighted by atomic mass is 16.6. The Bertz CT molecular complexity index is 546. The summed E-state index contributed by atoms with van der Waals surface area (Å²) in [5.41, 5.74) is 0.334. The van der Waals surface area contributed by atoms with Gasteiger partial charge in [-0.1, -0.05) is 30.3 Å². The van der Waals surface area contributed by atoms with E-state index in [1.54, 1.807) is 6.92 Å². The van der Waals surface area contributed by atoms with Crippen LogP contribution >= 0.6 is 0 Å². The zero-order valence-corrected chi connectivity index (χ0v) is 14.2. The van der Waals surface area contributed by atoms with Crippen molar-refractivity contribution in [2.75, 3.05) is 0 Å². The van der Waals surface area contributed by atoms with E-state index in [4.69, 9.17) is 9.47 Å². The summed E-state index contributed by atoms with van der Waals surface area (Å²) < 4.78 is 10.8. The molecule has 5 nitrogen and oxygen atoms in total. The van der Waals surface area contributed by atoms with Gasteiger partial charge in [0.1, 0.15) is 18.2 Å². The Hall–Kier alpha value is -2.04. The van der Waals surface area contributed by atoms with Gasteiger partial charge in [0.25, 0.3) is 0 Å². The third kappa shape index (κ3) is 5.27. The van der Waals surface area contributed by atoms with Gasteiger partial charge in [0.2, 0.25) is 0 Å². The minimum Gasteiger partial charge on any atom is -0.459 e. The SMILES string of the molecule is CC(C(=O)OCc1ccccc1)N(C(=O)OC(C)(C)C)C1CC1. The van der Waals surface area contributed by atoms with Crippen molar-refractivity contribution in [3.05, 3.63) is 35.9 Å². The van der Waals surface area contributed by atoms with E-state index in [0.717, 1.165) is 18.4 Å². The summed E-state index contributed by atoms with van der Waals surface area (Å²) >= 11 is 0. The lowest BCUT2D eigenvalue weighted by atomic mass is 10.2. The van der Waals surface area contributed by atoms with Crippen molar-refractivity contribution in [3.63, 3.8) is 0 Å². The van der Waals surface area contributed by atoms with Crippen LogP contribution in [0, 0.1) is 0 Å². The van der Waals surface area contributed by atoms with E-state index in [1.165, 1.54) is 4.90 Å². The van der Waals surface area contributed by atoms with Crippen LogP contribution in [0.15, 0.2) is 30.3 Å². The van der Waals surface area contributed by atoms with Crippen LogP contribution in [0.1, 0.15) is 46.1 Å². The second-order valence-electron chi connectivity index (χ2n) is 6.89. The number of esters is 1. The second-order valence-corrected chi connectivity index (χ2v) is 6.89. The topological polar surface area (TPSA) is 55.8 Å². The molecule has 1 atom stereocenters. The van der Waals surface area contributed by atoms with E-state index in [9.17, 15) is 9.59 Å². The van der Waals surface area contributed by atoms with Crippen LogP contribution < -0.4 is 0 Å². The molecule has 1 aliphatic rings. The Morgan fingerprint density at radius 1 is 1.22 bits per heavy atom. The van der Waals surface area contributed by atoms with Crippen molar-refractivity contribution in [2.24, 2.45) is 0 Å². The zero-order chi connectivity index (χ0) is 17.0. The first-order valence-corrected chi connectivity index (χ1v) is 8.00. The molecule has 1 fully saturated rings. The molecule has 1 aromatic rings. The van der Waals surface area contributed by atoms with Crippen LogP contribution in [0.25, 0.3) is 0 Å². The minimum absolute atomic E-state index is 0.0733. The second kappa shape index (κ2) is 7.02. The molecule has 1 saturated carbocycles. The number of rotatable bonds is 5. The van der Waals surface area contributed by atoms with Crippen LogP contribution in [-0.4, -0.2) is 34.6 Å². The van der Waals surface area contributed by atoms with Crippen molar-refractivity contribution in [3.8, 4) is 0 Å². The number of hydrogen-bond acceptors (Lipinski definition) is 4. The Morgan fingerprint density at radius 3 is 2.35 bits per heavy atom. The molecular formula is C18H25NO4. The summed E-state index contributed by atoms with van der Waals surface area (Å²) in [6.45, 7) is 7.34. The highest BCUT2D eigenvalue weighted by molar-refractivity contribution is 5.81. The predicted molar refractivity (Wildman–Crippen MR) is 86.8 cm³/mol. The van der Waals surface area contributed by atoms with E-state index in [2.05, 4.69) is 0 Å². The highest BCUT2D eigenvalue weighted by Crippen LogP contribution is 2.30. The van der Waals surface area contributed by atoms with Crippen molar-refractivity contribution in [1.82, 2.24) is 4.90 Å². The lowest BCUT2D eigenvalue weighted by Crippen LogP contribution is -2.47. The van der Waals surface area contributed by atoms with E-state index >= 15 is 0 Å². The molecule has 23 heavy (non-hydrogen) atoms. The van der Waals surface area contributed by atoms with Gasteiger partial charge in [-0.25, -0.2) is 9.59 Å². The van der Waals surface area contributed by atoms with E-state index in [1.807, 2.05) is 51.1 Å². The lowest BCUT2D eigenvalue weighted by Gasteiger charge is -2.30. The van der Waals surface area contributed by atoms with Gasteiger partial charge in [0.05, 0.1) is 0 Å². The molecular weight excluding hydrogens is 294 g/mol. The Labute approximate surface area is 137 Å². The van der Waals surface area contributed by atoms with Gasteiger partial charge in [-0.3, -0.25) is 4.90 Å². The maximum atomic E-state index is 12.4. The molecule has 1 aromatic carbocycles. The molecule has 1 unspecified atom stereocenters. The quantitative estimate of drug-likeness (QED) is 0.779. The molecule has 5 heteroatoms. The summed E-state index contributed by atoms with van der Waals surface area (Å²) in [6, 6.07) is 8.90. The summed E-state index contributed by atoms with van der Waals surface area (Å²) in [5.74, 6) is -0.411. The lowest BCUT2D eigenvalue weighted by molar-refractivity contribution is -0.150. The largest absolute Gasteiger partial charge is 0.459 e. The van der Waals surface area contributed by atoms with Crippen molar-refractivity contribution in [1.29, 1.82) is 0 Å². The summed E-state index contributed by atoms with van der Waals surface area (Å²) in [6.07, 6.45) is 1.34. The number of carbonyl (C=O) groups excluding carboxylic acids is 2. The standard InChI is InChI=1S/C18H25NO4/c1-13(16(20)22-12-14-8-6-5-7-9-14)19(15-10-11-15)17(21)23-18(2,3)4/h5-9,13,15H,10-12H2,1-4H3. The highest BCUT2D eigenvalue weighted by Gasteiger charge is 2.41. The predicted octanol–water partition coefficient (Wildman–Crippen LogP) is 3.52. The molecule has 2 rings (SSSR count). The Morgan fingerprint density at radius 2 is 1.83 bits per heavy atom. The third-order valence-corrected chi connectivity index (χ3v) is 3.53. The van der Waals surface area contributed by atoms with Gasteiger partial charge >= 0.3 is 12.1 Å². The molecule has 0 aliphatic heterocycles. The third-order valence-electron chi connectivity index (χ3n) is 3.53. The van der Waals surface area contributed by atoms with Crippen LogP contribution in [0.5, 0.6) is 0 Å². The maximum Gasteiger partial charge on any atom is 0.411 e. The number of carbonyl (C=O) groups is 2. The number of hydrogen-bond donors (Lipinski definition) is 0.